The maximum absolute atomic E-state index is 3.66. The highest BCUT2D eigenvalue weighted by molar-refractivity contribution is 5.25. The lowest BCUT2D eigenvalue weighted by atomic mass is 10.0. The summed E-state index contributed by atoms with van der Waals surface area (Å²) in [5, 5.41) is 3.66. The van der Waals surface area contributed by atoms with Crippen LogP contribution in [0.15, 0.2) is 30.3 Å². The van der Waals surface area contributed by atoms with Crippen molar-refractivity contribution in [2.75, 3.05) is 6.54 Å². The van der Waals surface area contributed by atoms with Crippen LogP contribution in [0.1, 0.15) is 18.4 Å². The zero-order valence-corrected chi connectivity index (χ0v) is 7.79. The smallest absolute Gasteiger partial charge is 0.0254 e. The number of hydrogen-bond acceptors (Lipinski definition) is 1. The molecule has 2 fully saturated rings. The van der Waals surface area contributed by atoms with Gasteiger partial charge in [-0.2, -0.15) is 0 Å². The van der Waals surface area contributed by atoms with Crippen molar-refractivity contribution >= 4 is 0 Å². The number of hydrogen-bond donors (Lipinski definition) is 1. The molecule has 1 N–H and O–H groups in total. The van der Waals surface area contributed by atoms with E-state index in [2.05, 4.69) is 35.6 Å². The lowest BCUT2D eigenvalue weighted by Crippen LogP contribution is -2.30. The van der Waals surface area contributed by atoms with Gasteiger partial charge in [0.15, 0.2) is 0 Å². The Balaban J connectivity index is 1.77. The van der Waals surface area contributed by atoms with Crippen molar-refractivity contribution in [2.24, 2.45) is 5.92 Å². The molecule has 13 heavy (non-hydrogen) atoms. The van der Waals surface area contributed by atoms with E-state index in [1.54, 1.807) is 0 Å². The Morgan fingerprint density at radius 2 is 2.15 bits per heavy atom. The maximum atomic E-state index is 3.66. The Bertz CT molecular complexity index is 306. The van der Waals surface area contributed by atoms with Gasteiger partial charge in [-0.25, -0.2) is 0 Å². The minimum atomic E-state index is 0.515. The molecule has 68 valence electrons. The van der Waals surface area contributed by atoms with E-state index in [1.807, 2.05) is 0 Å². The Morgan fingerprint density at radius 3 is 2.77 bits per heavy atom. The number of fused-ring (bicyclic) bond motifs is 1. The molecule has 1 nitrogen and oxygen atoms in total. The van der Waals surface area contributed by atoms with Crippen molar-refractivity contribution in [3.8, 4) is 0 Å². The van der Waals surface area contributed by atoms with Gasteiger partial charge in [0.2, 0.25) is 0 Å². The summed E-state index contributed by atoms with van der Waals surface area (Å²) in [5.74, 6) is 0.979. The van der Waals surface area contributed by atoms with Crippen molar-refractivity contribution in [1.29, 1.82) is 0 Å². The van der Waals surface area contributed by atoms with Gasteiger partial charge in [-0.15, -0.1) is 0 Å². The van der Waals surface area contributed by atoms with Gasteiger partial charge in [0.1, 0.15) is 0 Å². The summed E-state index contributed by atoms with van der Waals surface area (Å²) in [4.78, 5) is 0. The van der Waals surface area contributed by atoms with Crippen molar-refractivity contribution in [1.82, 2.24) is 5.32 Å². The molecule has 1 aliphatic carbocycles. The molecule has 1 heterocycles. The highest BCUT2D eigenvalue weighted by Crippen LogP contribution is 2.51. The Labute approximate surface area is 79.2 Å². The lowest BCUT2D eigenvalue weighted by molar-refractivity contribution is 0.545. The van der Waals surface area contributed by atoms with E-state index in [-0.39, 0.29) is 0 Å². The second kappa shape index (κ2) is 2.58. The van der Waals surface area contributed by atoms with E-state index in [0.29, 0.717) is 5.54 Å². The zero-order valence-electron chi connectivity index (χ0n) is 7.79. The topological polar surface area (TPSA) is 12.0 Å². The Hall–Kier alpha value is -0.820. The highest BCUT2D eigenvalue weighted by Gasteiger charge is 2.56. The predicted octanol–water partition coefficient (Wildman–Crippen LogP) is 1.98. The molecule has 2 atom stereocenters. The van der Waals surface area contributed by atoms with Crippen molar-refractivity contribution in [2.45, 2.75) is 24.8 Å². The maximum Gasteiger partial charge on any atom is 0.0254 e. The monoisotopic (exact) mass is 173 g/mol. The van der Waals surface area contributed by atoms with Gasteiger partial charge in [-0.3, -0.25) is 0 Å². The molecule has 0 spiro atoms. The molecule has 2 unspecified atom stereocenters. The summed E-state index contributed by atoms with van der Waals surface area (Å²) in [6, 6.07) is 10.8. The predicted molar refractivity (Wildman–Crippen MR) is 53.6 cm³/mol. The number of piperidine rings is 1. The first kappa shape index (κ1) is 7.57. The van der Waals surface area contributed by atoms with Gasteiger partial charge in [0, 0.05) is 5.54 Å². The molecular formula is C12H15N. The van der Waals surface area contributed by atoms with Crippen LogP contribution >= 0.6 is 0 Å². The largest absolute Gasteiger partial charge is 0.311 e. The molecule has 0 radical (unpaired) electrons. The molecule has 3 rings (SSSR count). The molecule has 1 aliphatic heterocycles. The summed E-state index contributed by atoms with van der Waals surface area (Å²) in [6.07, 6.45) is 4.03. The SMILES string of the molecule is c1ccc(CC23CC2CCN3)cc1. The molecule has 1 aromatic rings. The van der Waals surface area contributed by atoms with Gasteiger partial charge in [-0.1, -0.05) is 30.3 Å². The minimum absolute atomic E-state index is 0.515. The summed E-state index contributed by atoms with van der Waals surface area (Å²) in [6.45, 7) is 1.23. The first-order valence-corrected chi connectivity index (χ1v) is 5.18. The first-order chi connectivity index (χ1) is 6.39. The fourth-order valence-corrected chi connectivity index (χ4v) is 2.71. The average molecular weight is 173 g/mol. The first-order valence-electron chi connectivity index (χ1n) is 5.18. The van der Waals surface area contributed by atoms with Gasteiger partial charge in [-0.05, 0) is 37.3 Å². The molecule has 1 aromatic carbocycles. The molecule has 0 amide bonds. The van der Waals surface area contributed by atoms with Gasteiger partial charge in [0.05, 0.1) is 0 Å². The van der Waals surface area contributed by atoms with Crippen LogP contribution in [0.3, 0.4) is 0 Å². The van der Waals surface area contributed by atoms with Gasteiger partial charge >= 0.3 is 0 Å². The highest BCUT2D eigenvalue weighted by atomic mass is 15.1. The summed E-state index contributed by atoms with van der Waals surface area (Å²) >= 11 is 0. The van der Waals surface area contributed by atoms with Crippen LogP contribution in [-0.2, 0) is 6.42 Å². The minimum Gasteiger partial charge on any atom is -0.311 e. The Morgan fingerprint density at radius 1 is 1.31 bits per heavy atom. The summed E-state index contributed by atoms with van der Waals surface area (Å²) < 4.78 is 0. The fraction of sp³-hybridized carbons (Fsp3) is 0.500. The van der Waals surface area contributed by atoms with Crippen LogP contribution in [0.2, 0.25) is 0 Å². The van der Waals surface area contributed by atoms with Crippen LogP contribution in [0.5, 0.6) is 0 Å². The summed E-state index contributed by atoms with van der Waals surface area (Å²) in [5.41, 5.74) is 2.00. The van der Waals surface area contributed by atoms with Crippen LogP contribution in [-0.4, -0.2) is 12.1 Å². The van der Waals surface area contributed by atoms with E-state index in [1.165, 1.54) is 31.4 Å². The Kier molecular flexibility index (Phi) is 1.50. The third kappa shape index (κ3) is 1.19. The van der Waals surface area contributed by atoms with Crippen LogP contribution in [0.25, 0.3) is 0 Å². The molecule has 1 saturated heterocycles. The van der Waals surface area contributed by atoms with E-state index in [0.717, 1.165) is 5.92 Å². The van der Waals surface area contributed by atoms with Crippen molar-refractivity contribution in [3.05, 3.63) is 35.9 Å². The molecule has 0 bridgehead atoms. The fourth-order valence-electron chi connectivity index (χ4n) is 2.71. The summed E-state index contributed by atoms with van der Waals surface area (Å²) in [7, 11) is 0. The van der Waals surface area contributed by atoms with Crippen molar-refractivity contribution in [3.63, 3.8) is 0 Å². The zero-order chi connectivity index (χ0) is 8.73. The van der Waals surface area contributed by atoms with Gasteiger partial charge in [0.25, 0.3) is 0 Å². The average Bonchev–Trinajstić information content (AvgIpc) is 2.69. The molecule has 2 aliphatic rings. The molecule has 1 heteroatoms. The molecule has 0 aromatic heterocycles. The molecular weight excluding hydrogens is 158 g/mol. The van der Waals surface area contributed by atoms with Crippen molar-refractivity contribution < 1.29 is 0 Å². The third-order valence-electron chi connectivity index (χ3n) is 3.56. The van der Waals surface area contributed by atoms with Crippen LogP contribution in [0, 0.1) is 5.92 Å². The second-order valence-corrected chi connectivity index (χ2v) is 4.44. The normalized spacial score (nSPS) is 35.8. The standard InChI is InChI=1S/C12H15N/c1-2-4-10(5-3-1)8-12-9-11(12)6-7-13-12/h1-5,11,13H,6-9H2. The lowest BCUT2D eigenvalue weighted by Gasteiger charge is -2.12. The van der Waals surface area contributed by atoms with E-state index < -0.39 is 0 Å². The number of nitrogens with one attached hydrogen (secondary N) is 1. The second-order valence-electron chi connectivity index (χ2n) is 4.44. The van der Waals surface area contributed by atoms with Crippen LogP contribution < -0.4 is 5.32 Å². The van der Waals surface area contributed by atoms with E-state index >= 15 is 0 Å². The van der Waals surface area contributed by atoms with E-state index in [4.69, 9.17) is 0 Å². The quantitative estimate of drug-likeness (QED) is 0.721. The van der Waals surface area contributed by atoms with Crippen LogP contribution in [0.4, 0.5) is 0 Å². The number of benzene rings is 1. The van der Waals surface area contributed by atoms with E-state index in [9.17, 15) is 0 Å². The van der Waals surface area contributed by atoms with Gasteiger partial charge < -0.3 is 5.32 Å². The number of rotatable bonds is 2. The third-order valence-corrected chi connectivity index (χ3v) is 3.56. The molecule has 1 saturated carbocycles.